The van der Waals surface area contributed by atoms with Gasteiger partial charge >= 0.3 is 0 Å². The van der Waals surface area contributed by atoms with Crippen LogP contribution in [0.4, 0.5) is 11.5 Å². The third-order valence-corrected chi connectivity index (χ3v) is 7.04. The molecular weight excluding hydrogens is 476 g/mol. The molecule has 1 aliphatic carbocycles. The van der Waals surface area contributed by atoms with Crippen molar-refractivity contribution in [2.75, 3.05) is 30.8 Å². The Balaban J connectivity index is 1.49. The summed E-state index contributed by atoms with van der Waals surface area (Å²) in [5, 5.41) is 3.06. The molecule has 3 heterocycles. The summed E-state index contributed by atoms with van der Waals surface area (Å²) in [4.78, 5) is 27.7. The second-order valence-electron chi connectivity index (χ2n) is 8.46. The number of fused-ring (bicyclic) bond motifs is 1. The lowest BCUT2D eigenvalue weighted by molar-refractivity contribution is -0.125. The van der Waals surface area contributed by atoms with E-state index in [-0.39, 0.29) is 11.9 Å². The van der Waals surface area contributed by atoms with Gasteiger partial charge in [0.1, 0.15) is 23.1 Å². The Bertz CT molecular complexity index is 1190. The molecule has 1 aromatic carbocycles. The smallest absolute Gasteiger partial charge is 0.242 e. The average molecular weight is 501 g/mol. The lowest BCUT2D eigenvalue weighted by Crippen LogP contribution is -2.56. The van der Waals surface area contributed by atoms with E-state index in [9.17, 15) is 4.79 Å². The number of benzene rings is 1. The number of hydrogen-bond donors (Lipinski definition) is 3. The maximum atomic E-state index is 12.8. The van der Waals surface area contributed by atoms with Gasteiger partial charge < -0.3 is 31.0 Å². The van der Waals surface area contributed by atoms with E-state index in [1.165, 1.54) is 6.33 Å². The number of aromatic nitrogens is 4. The predicted molar refractivity (Wildman–Crippen MR) is 124 cm³/mol. The minimum Gasteiger partial charge on any atom is -0.496 e. The lowest BCUT2D eigenvalue weighted by Gasteiger charge is -2.27. The van der Waals surface area contributed by atoms with Gasteiger partial charge in [-0.15, -0.1) is 0 Å². The normalized spacial score (nSPS) is 20.7. The number of anilines is 2. The van der Waals surface area contributed by atoms with Crippen LogP contribution in [-0.2, 0) is 11.3 Å². The van der Waals surface area contributed by atoms with Crippen LogP contribution in [0.1, 0.15) is 24.8 Å². The zero-order valence-electron chi connectivity index (χ0n) is 17.7. The van der Waals surface area contributed by atoms with Gasteiger partial charge in [0, 0.05) is 30.4 Å². The lowest BCUT2D eigenvalue weighted by atomic mass is 9.99. The number of nitrogen functional groups attached to an aromatic ring is 1. The van der Waals surface area contributed by atoms with Gasteiger partial charge in [-0.1, -0.05) is 0 Å². The fraction of sp³-hybridized carbons (Fsp3) is 0.429. The second kappa shape index (κ2) is 7.89. The first kappa shape index (κ1) is 21.0. The van der Waals surface area contributed by atoms with Crippen LogP contribution in [0.25, 0.3) is 11.2 Å². The first-order chi connectivity index (χ1) is 15.4. The van der Waals surface area contributed by atoms with E-state index in [0.717, 1.165) is 28.6 Å². The van der Waals surface area contributed by atoms with Crippen LogP contribution in [0.3, 0.4) is 0 Å². The summed E-state index contributed by atoms with van der Waals surface area (Å²) in [5.74, 6) is 0.990. The highest BCUT2D eigenvalue weighted by Gasteiger charge is 2.43. The number of carbonyl (C=O) groups is 1. The number of methoxy groups -OCH3 is 1. The van der Waals surface area contributed by atoms with Crippen LogP contribution in [0.15, 0.2) is 29.3 Å². The van der Waals surface area contributed by atoms with Crippen LogP contribution in [0.2, 0.25) is 0 Å². The molecule has 1 saturated carbocycles. The fourth-order valence-electron chi connectivity index (χ4n) is 4.16. The summed E-state index contributed by atoms with van der Waals surface area (Å²) in [6, 6.07) is 4.20. The number of rotatable bonds is 6. The fourth-order valence-corrected chi connectivity index (χ4v) is 4.78. The Morgan fingerprint density at radius 1 is 1.34 bits per heavy atom. The van der Waals surface area contributed by atoms with Gasteiger partial charge in [-0.25, -0.2) is 15.0 Å². The molecular formula is C21H25BrN8O2. The van der Waals surface area contributed by atoms with Crippen molar-refractivity contribution in [1.82, 2.24) is 24.8 Å². The van der Waals surface area contributed by atoms with Crippen LogP contribution in [0, 0.1) is 0 Å². The Morgan fingerprint density at radius 3 is 2.91 bits per heavy atom. The van der Waals surface area contributed by atoms with Gasteiger partial charge in [0.25, 0.3) is 0 Å². The molecule has 1 atom stereocenters. The van der Waals surface area contributed by atoms with E-state index in [0.29, 0.717) is 48.8 Å². The number of imidazole rings is 1. The average Bonchev–Trinajstić information content (AvgIpc) is 3.35. The molecule has 5 rings (SSSR count). The highest BCUT2D eigenvalue weighted by Crippen LogP contribution is 2.39. The SMILES string of the molecule is COc1ccc(N2CCC(N)(C(=O)NC3CC3)C2)c(Cn2cnc3c(N)ncnc32)c1Br. The van der Waals surface area contributed by atoms with Crippen LogP contribution < -0.4 is 26.4 Å². The maximum absolute atomic E-state index is 12.8. The summed E-state index contributed by atoms with van der Waals surface area (Å²) < 4.78 is 8.28. The van der Waals surface area contributed by atoms with Gasteiger partial charge in [-0.3, -0.25) is 4.79 Å². The van der Waals surface area contributed by atoms with Crippen molar-refractivity contribution in [2.24, 2.45) is 5.73 Å². The number of nitrogens with zero attached hydrogens (tertiary/aromatic N) is 5. The van der Waals surface area contributed by atoms with Crippen LogP contribution >= 0.6 is 15.9 Å². The zero-order chi connectivity index (χ0) is 22.5. The van der Waals surface area contributed by atoms with Crippen LogP contribution in [-0.4, -0.2) is 57.2 Å². The number of amides is 1. The molecule has 0 radical (unpaired) electrons. The molecule has 2 fully saturated rings. The highest BCUT2D eigenvalue weighted by molar-refractivity contribution is 9.10. The molecule has 5 N–H and O–H groups in total. The molecule has 1 saturated heterocycles. The first-order valence-corrected chi connectivity index (χ1v) is 11.3. The van der Waals surface area contributed by atoms with Crippen molar-refractivity contribution in [1.29, 1.82) is 0 Å². The van der Waals surface area contributed by atoms with Crippen molar-refractivity contribution >= 4 is 44.5 Å². The summed E-state index contributed by atoms with van der Waals surface area (Å²) >= 11 is 3.71. The largest absolute Gasteiger partial charge is 0.496 e. The molecule has 1 unspecified atom stereocenters. The molecule has 1 aliphatic heterocycles. The minimum atomic E-state index is -0.907. The summed E-state index contributed by atoms with van der Waals surface area (Å²) in [6.45, 7) is 1.60. The van der Waals surface area contributed by atoms with Gasteiger partial charge in [0.2, 0.25) is 5.91 Å². The summed E-state index contributed by atoms with van der Waals surface area (Å²) in [5.41, 5.74) is 14.8. The van der Waals surface area contributed by atoms with Crippen molar-refractivity contribution in [3.63, 3.8) is 0 Å². The predicted octanol–water partition coefficient (Wildman–Crippen LogP) is 1.41. The molecule has 2 aliphatic rings. The molecule has 2 aromatic heterocycles. The van der Waals surface area contributed by atoms with Crippen molar-refractivity contribution in [3.05, 3.63) is 34.8 Å². The monoisotopic (exact) mass is 500 g/mol. The van der Waals surface area contributed by atoms with Gasteiger partial charge in [-0.05, 0) is 47.3 Å². The van der Waals surface area contributed by atoms with E-state index in [2.05, 4.69) is 41.1 Å². The third kappa shape index (κ3) is 3.65. The standard InChI is InChI=1S/C21H25BrN8O2/c1-32-15-5-4-14(29-7-6-21(24,9-29)20(31)28-12-2-3-12)13(16(15)22)8-30-11-27-17-18(23)25-10-26-19(17)30/h4-5,10-12H,2-3,6-9,24H2,1H3,(H,28,31)(H2,23,25,26). The number of nitrogens with two attached hydrogens (primary N) is 2. The molecule has 0 spiro atoms. The maximum Gasteiger partial charge on any atom is 0.242 e. The van der Waals surface area contributed by atoms with Crippen LogP contribution in [0.5, 0.6) is 5.75 Å². The third-order valence-electron chi connectivity index (χ3n) is 6.17. The number of halogens is 1. The van der Waals surface area contributed by atoms with E-state index in [1.807, 2.05) is 16.7 Å². The second-order valence-corrected chi connectivity index (χ2v) is 9.25. The van der Waals surface area contributed by atoms with E-state index < -0.39 is 5.54 Å². The Morgan fingerprint density at radius 2 is 2.16 bits per heavy atom. The van der Waals surface area contributed by atoms with Gasteiger partial charge in [-0.2, -0.15) is 0 Å². The van der Waals surface area contributed by atoms with Crippen molar-refractivity contribution < 1.29 is 9.53 Å². The number of hydrogen-bond acceptors (Lipinski definition) is 8. The number of ether oxygens (including phenoxy) is 1. The Hall–Kier alpha value is -2.92. The Labute approximate surface area is 193 Å². The minimum absolute atomic E-state index is 0.0654. The van der Waals surface area contributed by atoms with E-state index in [1.54, 1.807) is 13.4 Å². The van der Waals surface area contributed by atoms with Gasteiger partial charge in [0.05, 0.1) is 24.5 Å². The molecule has 32 heavy (non-hydrogen) atoms. The number of carbonyl (C=O) groups excluding carboxylic acids is 1. The quantitative estimate of drug-likeness (QED) is 0.461. The highest BCUT2D eigenvalue weighted by atomic mass is 79.9. The molecule has 0 bridgehead atoms. The zero-order valence-corrected chi connectivity index (χ0v) is 19.3. The molecule has 10 nitrogen and oxygen atoms in total. The first-order valence-electron chi connectivity index (χ1n) is 10.5. The van der Waals surface area contributed by atoms with Gasteiger partial charge in [0.15, 0.2) is 11.5 Å². The summed E-state index contributed by atoms with van der Waals surface area (Å²) in [6.07, 6.45) is 5.79. The summed E-state index contributed by atoms with van der Waals surface area (Å²) in [7, 11) is 1.63. The molecule has 11 heteroatoms. The molecule has 3 aromatic rings. The van der Waals surface area contributed by atoms with Crippen molar-refractivity contribution in [2.45, 2.75) is 37.4 Å². The molecule has 168 valence electrons. The topological polar surface area (TPSA) is 137 Å². The Kier molecular flexibility index (Phi) is 5.17. The molecule has 1 amide bonds. The van der Waals surface area contributed by atoms with E-state index >= 15 is 0 Å². The number of nitrogens with one attached hydrogen (secondary N) is 1. The van der Waals surface area contributed by atoms with Crippen molar-refractivity contribution in [3.8, 4) is 5.75 Å². The van der Waals surface area contributed by atoms with E-state index in [4.69, 9.17) is 16.2 Å².